The predicted octanol–water partition coefficient (Wildman–Crippen LogP) is 3.15. The lowest BCUT2D eigenvalue weighted by Crippen LogP contribution is -2.05. The summed E-state index contributed by atoms with van der Waals surface area (Å²) in [7, 11) is 0. The van der Waals surface area contributed by atoms with E-state index in [1.807, 2.05) is 6.07 Å². The van der Waals surface area contributed by atoms with Crippen LogP contribution in [0.3, 0.4) is 0 Å². The zero-order valence-electron chi connectivity index (χ0n) is 10.5. The van der Waals surface area contributed by atoms with Gasteiger partial charge in [-0.15, -0.1) is 0 Å². The van der Waals surface area contributed by atoms with Crippen molar-refractivity contribution in [3.05, 3.63) is 64.2 Å². The van der Waals surface area contributed by atoms with Crippen LogP contribution in [0.5, 0.6) is 0 Å². The highest BCUT2D eigenvalue weighted by molar-refractivity contribution is 6.31. The van der Waals surface area contributed by atoms with E-state index in [2.05, 4.69) is 0 Å². The largest absolute Gasteiger partial charge is 0.457 e. The molecule has 2 aromatic carbocycles. The summed E-state index contributed by atoms with van der Waals surface area (Å²) >= 11 is 6.00. The first-order chi connectivity index (χ1) is 9.60. The molecule has 0 radical (unpaired) electrons. The average Bonchev–Trinajstić information content (AvgIpc) is 2.46. The Hall–Kier alpha value is -2.51. The number of benzene rings is 2. The fourth-order valence-corrected chi connectivity index (χ4v) is 1.81. The Labute approximate surface area is 121 Å². The molecule has 5 heteroatoms. The van der Waals surface area contributed by atoms with E-state index in [1.54, 1.807) is 36.4 Å². The predicted molar refractivity (Wildman–Crippen MR) is 76.1 cm³/mol. The van der Waals surface area contributed by atoms with Crippen molar-refractivity contribution >= 4 is 23.3 Å². The van der Waals surface area contributed by atoms with Gasteiger partial charge in [-0.2, -0.15) is 5.26 Å². The van der Waals surface area contributed by atoms with Gasteiger partial charge >= 0.3 is 5.97 Å². The van der Waals surface area contributed by atoms with Crippen LogP contribution in [-0.4, -0.2) is 5.97 Å². The second kappa shape index (κ2) is 6.09. The molecule has 0 spiro atoms. The van der Waals surface area contributed by atoms with Crippen molar-refractivity contribution in [1.82, 2.24) is 0 Å². The highest BCUT2D eigenvalue weighted by Crippen LogP contribution is 2.19. The Balaban J connectivity index is 2.04. The van der Waals surface area contributed by atoms with Crippen LogP contribution < -0.4 is 5.73 Å². The number of nitrogens with zero attached hydrogens (tertiary/aromatic N) is 1. The maximum atomic E-state index is 11.8. The van der Waals surface area contributed by atoms with E-state index in [9.17, 15) is 4.79 Å². The van der Waals surface area contributed by atoms with Gasteiger partial charge in [0.25, 0.3) is 0 Å². The molecule has 4 nitrogen and oxygen atoms in total. The standard InChI is InChI=1S/C15H11ClN2O2/c16-14-7-10(8-17)1-2-12(14)9-20-15(19)11-3-5-13(18)6-4-11/h1-7H,9,18H2. The number of carbonyl (C=O) groups is 1. The number of hydrogen-bond donors (Lipinski definition) is 1. The van der Waals surface area contributed by atoms with Crippen LogP contribution in [0.4, 0.5) is 5.69 Å². The van der Waals surface area contributed by atoms with Gasteiger partial charge in [-0.3, -0.25) is 0 Å². The van der Waals surface area contributed by atoms with Gasteiger partial charge in [0.15, 0.2) is 0 Å². The van der Waals surface area contributed by atoms with Crippen LogP contribution in [0, 0.1) is 11.3 Å². The Morgan fingerprint density at radius 2 is 1.95 bits per heavy atom. The van der Waals surface area contributed by atoms with Crippen molar-refractivity contribution in [2.24, 2.45) is 0 Å². The van der Waals surface area contributed by atoms with E-state index in [0.717, 1.165) is 0 Å². The SMILES string of the molecule is N#Cc1ccc(COC(=O)c2ccc(N)cc2)c(Cl)c1. The average molecular weight is 287 g/mol. The Morgan fingerprint density at radius 1 is 1.25 bits per heavy atom. The second-order valence-corrected chi connectivity index (χ2v) is 4.52. The highest BCUT2D eigenvalue weighted by Gasteiger charge is 2.09. The molecule has 0 aliphatic heterocycles. The van der Waals surface area contributed by atoms with Crippen molar-refractivity contribution in [3.63, 3.8) is 0 Å². The van der Waals surface area contributed by atoms with Crippen molar-refractivity contribution in [1.29, 1.82) is 5.26 Å². The van der Waals surface area contributed by atoms with Crippen LogP contribution in [0.1, 0.15) is 21.5 Å². The molecule has 0 fully saturated rings. The van der Waals surface area contributed by atoms with Crippen molar-refractivity contribution in [3.8, 4) is 6.07 Å². The van der Waals surface area contributed by atoms with Crippen LogP contribution in [0.25, 0.3) is 0 Å². The molecule has 0 heterocycles. The monoisotopic (exact) mass is 286 g/mol. The molecule has 0 aliphatic carbocycles. The summed E-state index contributed by atoms with van der Waals surface area (Å²) in [6.45, 7) is 0.0494. The maximum Gasteiger partial charge on any atom is 0.338 e. The minimum atomic E-state index is -0.453. The molecule has 0 aromatic heterocycles. The Bertz CT molecular complexity index is 675. The third-order valence-corrected chi connectivity index (χ3v) is 3.04. The lowest BCUT2D eigenvalue weighted by molar-refractivity contribution is 0.0473. The highest BCUT2D eigenvalue weighted by atomic mass is 35.5. The van der Waals surface area contributed by atoms with E-state index >= 15 is 0 Å². The molecule has 20 heavy (non-hydrogen) atoms. The summed E-state index contributed by atoms with van der Waals surface area (Å²) in [6.07, 6.45) is 0. The number of rotatable bonds is 3. The molecule has 2 N–H and O–H groups in total. The molecule has 0 aliphatic rings. The molecule has 2 aromatic rings. The van der Waals surface area contributed by atoms with Crippen LogP contribution in [0.2, 0.25) is 5.02 Å². The van der Waals surface area contributed by atoms with Gasteiger partial charge in [0.2, 0.25) is 0 Å². The summed E-state index contributed by atoms with van der Waals surface area (Å²) in [4.78, 5) is 11.8. The maximum absolute atomic E-state index is 11.8. The van der Waals surface area contributed by atoms with Crippen molar-refractivity contribution < 1.29 is 9.53 Å². The zero-order valence-corrected chi connectivity index (χ0v) is 11.2. The van der Waals surface area contributed by atoms with E-state index in [1.165, 1.54) is 6.07 Å². The molecule has 2 rings (SSSR count). The zero-order chi connectivity index (χ0) is 14.5. The topological polar surface area (TPSA) is 76.1 Å². The van der Waals surface area contributed by atoms with E-state index in [0.29, 0.717) is 27.4 Å². The smallest absolute Gasteiger partial charge is 0.338 e. The van der Waals surface area contributed by atoms with Gasteiger partial charge in [0.1, 0.15) is 6.61 Å². The number of anilines is 1. The lowest BCUT2D eigenvalue weighted by Gasteiger charge is -2.07. The summed E-state index contributed by atoms with van der Waals surface area (Å²) in [5, 5.41) is 9.14. The minimum absolute atomic E-state index is 0.0494. The number of esters is 1. The third kappa shape index (κ3) is 3.28. The quantitative estimate of drug-likeness (QED) is 0.694. The third-order valence-electron chi connectivity index (χ3n) is 2.69. The van der Waals surface area contributed by atoms with E-state index in [-0.39, 0.29) is 6.61 Å². The summed E-state index contributed by atoms with van der Waals surface area (Å²) in [5.74, 6) is -0.453. The van der Waals surface area contributed by atoms with Gasteiger partial charge in [-0.05, 0) is 36.4 Å². The van der Waals surface area contributed by atoms with Crippen LogP contribution in [-0.2, 0) is 11.3 Å². The van der Waals surface area contributed by atoms with Gasteiger partial charge < -0.3 is 10.5 Å². The molecule has 0 amide bonds. The Morgan fingerprint density at radius 3 is 2.55 bits per heavy atom. The molecule has 0 unspecified atom stereocenters. The van der Waals surface area contributed by atoms with Gasteiger partial charge in [0, 0.05) is 16.3 Å². The number of nitriles is 1. The summed E-state index contributed by atoms with van der Waals surface area (Å²) in [6, 6.07) is 13.3. The Kier molecular flexibility index (Phi) is 4.24. The number of hydrogen-bond acceptors (Lipinski definition) is 4. The number of ether oxygens (including phenoxy) is 1. The van der Waals surface area contributed by atoms with Crippen LogP contribution >= 0.6 is 11.6 Å². The van der Waals surface area contributed by atoms with Gasteiger partial charge in [-0.1, -0.05) is 17.7 Å². The normalized spacial score (nSPS) is 9.80. The molecule has 0 bridgehead atoms. The number of nitrogens with two attached hydrogens (primary N) is 1. The number of carbonyl (C=O) groups excluding carboxylic acids is 1. The second-order valence-electron chi connectivity index (χ2n) is 4.12. The van der Waals surface area contributed by atoms with Crippen molar-refractivity contribution in [2.45, 2.75) is 6.61 Å². The first-order valence-corrected chi connectivity index (χ1v) is 6.19. The number of nitrogen functional groups attached to an aromatic ring is 1. The molecule has 0 saturated carbocycles. The minimum Gasteiger partial charge on any atom is -0.457 e. The lowest BCUT2D eigenvalue weighted by atomic mass is 10.1. The van der Waals surface area contributed by atoms with Crippen LogP contribution in [0.15, 0.2) is 42.5 Å². The van der Waals surface area contributed by atoms with Crippen molar-refractivity contribution in [2.75, 3.05) is 5.73 Å². The first-order valence-electron chi connectivity index (χ1n) is 5.81. The van der Waals surface area contributed by atoms with E-state index < -0.39 is 5.97 Å². The molecule has 100 valence electrons. The fourth-order valence-electron chi connectivity index (χ4n) is 1.58. The molecule has 0 atom stereocenters. The van der Waals surface area contributed by atoms with Gasteiger partial charge in [0.05, 0.1) is 17.2 Å². The van der Waals surface area contributed by atoms with Gasteiger partial charge in [-0.25, -0.2) is 4.79 Å². The fraction of sp³-hybridized carbons (Fsp3) is 0.0667. The molecular formula is C15H11ClN2O2. The molecular weight excluding hydrogens is 276 g/mol. The molecule has 0 saturated heterocycles. The summed E-state index contributed by atoms with van der Waals surface area (Å²) in [5.41, 5.74) is 7.65. The first kappa shape index (κ1) is 13.9. The summed E-state index contributed by atoms with van der Waals surface area (Å²) < 4.78 is 5.16. The van der Waals surface area contributed by atoms with E-state index in [4.69, 9.17) is 27.3 Å². The number of halogens is 1.